The van der Waals surface area contributed by atoms with Crippen LogP contribution >= 0.6 is 0 Å². The SMILES string of the molecule is CCC1(C)c2[nH]cnc2C(=O)CC1(NC1NCCN1)NC1NCCN1. The van der Waals surface area contributed by atoms with Gasteiger partial charge in [-0.3, -0.25) is 36.7 Å². The second kappa shape index (κ2) is 6.42. The number of rotatable bonds is 5. The first-order valence-electron chi connectivity index (χ1n) is 9.14. The highest BCUT2D eigenvalue weighted by atomic mass is 16.1. The fourth-order valence-electron chi connectivity index (χ4n) is 4.31. The van der Waals surface area contributed by atoms with Crippen LogP contribution in [0.25, 0.3) is 0 Å². The molecule has 9 heteroatoms. The normalized spacial score (nSPS) is 30.1. The number of ketones is 1. The third kappa shape index (κ3) is 2.71. The van der Waals surface area contributed by atoms with Crippen molar-refractivity contribution in [3.05, 3.63) is 17.7 Å². The topological polar surface area (TPSA) is 118 Å². The molecule has 1 unspecified atom stereocenters. The van der Waals surface area contributed by atoms with Gasteiger partial charge in [0, 0.05) is 38.0 Å². The van der Waals surface area contributed by atoms with Gasteiger partial charge in [-0.05, 0) is 6.42 Å². The molecule has 3 heterocycles. The van der Waals surface area contributed by atoms with Gasteiger partial charge in [0.2, 0.25) is 0 Å². The van der Waals surface area contributed by atoms with E-state index in [9.17, 15) is 4.79 Å². The van der Waals surface area contributed by atoms with Crippen LogP contribution in [0.15, 0.2) is 6.33 Å². The van der Waals surface area contributed by atoms with E-state index in [1.165, 1.54) is 0 Å². The predicted octanol–water partition coefficient (Wildman–Crippen LogP) is -1.51. The Morgan fingerprint density at radius 2 is 1.68 bits per heavy atom. The van der Waals surface area contributed by atoms with Gasteiger partial charge >= 0.3 is 0 Å². The molecule has 0 bridgehead atoms. The largest absolute Gasteiger partial charge is 0.347 e. The Balaban J connectivity index is 1.75. The Morgan fingerprint density at radius 1 is 1.12 bits per heavy atom. The van der Waals surface area contributed by atoms with Crippen LogP contribution in [-0.2, 0) is 5.41 Å². The van der Waals surface area contributed by atoms with E-state index in [0.717, 1.165) is 38.3 Å². The number of hydrogen-bond acceptors (Lipinski definition) is 8. The second-order valence-electron chi connectivity index (χ2n) is 7.29. The molecule has 138 valence electrons. The Morgan fingerprint density at radius 3 is 2.20 bits per heavy atom. The molecule has 25 heavy (non-hydrogen) atoms. The first-order valence-corrected chi connectivity index (χ1v) is 9.14. The molecule has 7 N–H and O–H groups in total. The number of imidazole rings is 1. The van der Waals surface area contributed by atoms with E-state index in [2.05, 4.69) is 55.7 Å². The maximum absolute atomic E-state index is 12.9. The highest BCUT2D eigenvalue weighted by Crippen LogP contribution is 2.44. The smallest absolute Gasteiger partial charge is 0.186 e. The second-order valence-corrected chi connectivity index (χ2v) is 7.29. The third-order valence-electron chi connectivity index (χ3n) is 5.96. The van der Waals surface area contributed by atoms with Crippen molar-refractivity contribution >= 4 is 5.78 Å². The molecule has 1 aromatic heterocycles. The Hall–Kier alpha value is -1.36. The molecular formula is C16H28N8O. The number of fused-ring (bicyclic) bond motifs is 1. The first-order chi connectivity index (χ1) is 12.1. The minimum atomic E-state index is -0.623. The van der Waals surface area contributed by atoms with E-state index < -0.39 is 5.66 Å². The minimum absolute atomic E-state index is 0.0444. The molecule has 1 aliphatic carbocycles. The highest BCUT2D eigenvalue weighted by molar-refractivity contribution is 5.98. The third-order valence-corrected chi connectivity index (χ3v) is 5.96. The highest BCUT2D eigenvalue weighted by Gasteiger charge is 2.57. The van der Waals surface area contributed by atoms with Crippen LogP contribution in [0, 0.1) is 0 Å². The van der Waals surface area contributed by atoms with Crippen molar-refractivity contribution in [2.24, 2.45) is 0 Å². The van der Waals surface area contributed by atoms with E-state index in [1.807, 2.05) is 0 Å². The molecule has 0 spiro atoms. The predicted molar refractivity (Wildman–Crippen MR) is 93.8 cm³/mol. The van der Waals surface area contributed by atoms with Gasteiger partial charge in [0.25, 0.3) is 0 Å². The zero-order valence-corrected chi connectivity index (χ0v) is 14.8. The van der Waals surface area contributed by atoms with Crippen molar-refractivity contribution in [3.63, 3.8) is 0 Å². The van der Waals surface area contributed by atoms with E-state index >= 15 is 0 Å². The molecule has 0 amide bonds. The molecule has 1 aromatic rings. The summed E-state index contributed by atoms with van der Waals surface area (Å²) in [6, 6.07) is 0. The van der Waals surface area contributed by atoms with E-state index in [-0.39, 0.29) is 23.8 Å². The average molecular weight is 348 g/mol. The van der Waals surface area contributed by atoms with Crippen molar-refractivity contribution in [3.8, 4) is 0 Å². The Bertz CT molecular complexity index is 616. The van der Waals surface area contributed by atoms with Gasteiger partial charge in [0.1, 0.15) is 18.3 Å². The van der Waals surface area contributed by atoms with Crippen LogP contribution in [0.5, 0.6) is 0 Å². The van der Waals surface area contributed by atoms with Gasteiger partial charge in [-0.25, -0.2) is 4.98 Å². The van der Waals surface area contributed by atoms with Crippen molar-refractivity contribution in [2.45, 2.75) is 50.3 Å². The number of nitrogens with one attached hydrogen (secondary N) is 7. The van der Waals surface area contributed by atoms with E-state index in [0.29, 0.717) is 12.1 Å². The van der Waals surface area contributed by atoms with Gasteiger partial charge in [0.05, 0.1) is 17.7 Å². The number of nitrogens with zero attached hydrogens (tertiary/aromatic N) is 1. The van der Waals surface area contributed by atoms with Crippen molar-refractivity contribution in [1.29, 1.82) is 0 Å². The van der Waals surface area contributed by atoms with Gasteiger partial charge in [-0.2, -0.15) is 0 Å². The van der Waals surface area contributed by atoms with Crippen molar-refractivity contribution < 1.29 is 4.79 Å². The summed E-state index contributed by atoms with van der Waals surface area (Å²) in [5.41, 5.74) is 0.526. The summed E-state index contributed by atoms with van der Waals surface area (Å²) in [5, 5.41) is 21.0. The van der Waals surface area contributed by atoms with Crippen LogP contribution in [0.4, 0.5) is 0 Å². The van der Waals surface area contributed by atoms with Crippen molar-refractivity contribution in [2.75, 3.05) is 26.2 Å². The zero-order chi connectivity index (χ0) is 17.5. The molecule has 2 saturated heterocycles. The monoisotopic (exact) mass is 348 g/mol. The lowest BCUT2D eigenvalue weighted by Crippen LogP contribution is -2.77. The minimum Gasteiger partial charge on any atom is -0.347 e. The number of aromatic amines is 1. The summed E-state index contributed by atoms with van der Waals surface area (Å²) >= 11 is 0. The fourth-order valence-corrected chi connectivity index (χ4v) is 4.31. The standard InChI is InChI=1S/C16H28N8O/c1-3-15(2)12-11(21-9-22-12)10(25)8-16(15,23-13-17-4-5-18-13)24-14-19-6-7-20-14/h9,13-14,17-20,23-24H,3-8H2,1-2H3,(H,21,22). The van der Waals surface area contributed by atoms with Crippen LogP contribution in [0.1, 0.15) is 42.9 Å². The number of Topliss-reactive ketones (excluding diaryl/α,β-unsaturated/α-hetero) is 1. The average Bonchev–Trinajstić information content (AvgIpc) is 3.34. The summed E-state index contributed by atoms with van der Waals surface area (Å²) < 4.78 is 0. The van der Waals surface area contributed by atoms with Crippen LogP contribution in [0.3, 0.4) is 0 Å². The molecule has 3 aliphatic rings. The van der Waals surface area contributed by atoms with Gasteiger partial charge in [-0.15, -0.1) is 0 Å². The lowest BCUT2D eigenvalue weighted by Gasteiger charge is -2.53. The molecule has 2 aliphatic heterocycles. The lowest BCUT2D eigenvalue weighted by atomic mass is 9.65. The molecule has 0 aromatic carbocycles. The molecular weight excluding hydrogens is 320 g/mol. The quantitative estimate of drug-likeness (QED) is 0.321. The Labute approximate surface area is 147 Å². The van der Waals surface area contributed by atoms with Crippen LogP contribution < -0.4 is 31.9 Å². The summed E-state index contributed by atoms with van der Waals surface area (Å²) in [4.78, 5) is 20.4. The van der Waals surface area contributed by atoms with Crippen LogP contribution in [0.2, 0.25) is 0 Å². The van der Waals surface area contributed by atoms with Crippen LogP contribution in [-0.4, -0.2) is 60.2 Å². The number of carbonyl (C=O) groups excluding carboxylic acids is 1. The molecule has 0 saturated carbocycles. The molecule has 0 radical (unpaired) electrons. The lowest BCUT2D eigenvalue weighted by molar-refractivity contribution is 0.0492. The number of carbonyl (C=O) groups is 1. The Kier molecular flexibility index (Phi) is 4.38. The maximum Gasteiger partial charge on any atom is 0.186 e. The van der Waals surface area contributed by atoms with Gasteiger partial charge < -0.3 is 4.98 Å². The first kappa shape index (κ1) is 17.1. The number of hydrogen-bond donors (Lipinski definition) is 7. The number of H-pyrrole nitrogens is 1. The maximum atomic E-state index is 12.9. The summed E-state index contributed by atoms with van der Waals surface area (Å²) in [5.74, 6) is 0.0539. The molecule has 2 fully saturated rings. The number of aromatic nitrogens is 2. The summed E-state index contributed by atoms with van der Waals surface area (Å²) in [6.07, 6.45) is 2.74. The van der Waals surface area contributed by atoms with Gasteiger partial charge in [0.15, 0.2) is 5.78 Å². The fraction of sp³-hybridized carbons (Fsp3) is 0.750. The van der Waals surface area contributed by atoms with Crippen molar-refractivity contribution in [1.82, 2.24) is 41.9 Å². The zero-order valence-electron chi connectivity index (χ0n) is 14.8. The molecule has 4 rings (SSSR count). The van der Waals surface area contributed by atoms with E-state index in [4.69, 9.17) is 0 Å². The molecule has 1 atom stereocenters. The van der Waals surface area contributed by atoms with Gasteiger partial charge in [-0.1, -0.05) is 13.8 Å². The van der Waals surface area contributed by atoms with E-state index in [1.54, 1.807) is 6.33 Å². The molecule has 9 nitrogen and oxygen atoms in total. The summed E-state index contributed by atoms with van der Waals surface area (Å²) in [7, 11) is 0. The summed E-state index contributed by atoms with van der Waals surface area (Å²) in [6.45, 7) is 7.96.